The highest BCUT2D eigenvalue weighted by Gasteiger charge is 2.28. The van der Waals surface area contributed by atoms with E-state index in [1.54, 1.807) is 31.2 Å². The van der Waals surface area contributed by atoms with Crippen LogP contribution in [0.3, 0.4) is 0 Å². The van der Waals surface area contributed by atoms with E-state index in [0.29, 0.717) is 11.3 Å². The topological polar surface area (TPSA) is 99.0 Å². The third kappa shape index (κ3) is 3.11. The van der Waals surface area contributed by atoms with Crippen molar-refractivity contribution in [2.24, 2.45) is 0 Å². The highest BCUT2D eigenvalue weighted by Crippen LogP contribution is 2.19. The van der Waals surface area contributed by atoms with Gasteiger partial charge in [0, 0.05) is 6.04 Å². The number of carbonyl (C=O) groups is 2. The van der Waals surface area contributed by atoms with Crippen LogP contribution in [0, 0.1) is 0 Å². The summed E-state index contributed by atoms with van der Waals surface area (Å²) in [6.07, 6.45) is 2.49. The van der Waals surface area contributed by atoms with Crippen LogP contribution in [0.2, 0.25) is 0 Å². The first-order chi connectivity index (χ1) is 10.6. The van der Waals surface area contributed by atoms with Crippen molar-refractivity contribution in [3.8, 4) is 5.69 Å². The highest BCUT2D eigenvalue weighted by atomic mass is 16.5. The monoisotopic (exact) mass is 301 g/mol. The summed E-state index contributed by atoms with van der Waals surface area (Å²) in [5, 5.41) is 13.6. The van der Waals surface area contributed by atoms with Crippen LogP contribution in [0.5, 0.6) is 0 Å². The molecule has 1 heterocycles. The van der Waals surface area contributed by atoms with Crippen LogP contribution in [0.15, 0.2) is 30.6 Å². The Morgan fingerprint density at radius 1 is 1.36 bits per heavy atom. The number of rotatable bonds is 5. The number of tetrazole rings is 1. The molecule has 0 unspecified atom stereocenters. The molecule has 0 aliphatic heterocycles. The molecule has 1 saturated carbocycles. The summed E-state index contributed by atoms with van der Waals surface area (Å²) < 4.78 is 6.60. The SMILES string of the molecule is C[C@@H](OC(=O)c1ccccc1-n1cnnn1)C(=O)NC1CC1. The summed E-state index contributed by atoms with van der Waals surface area (Å²) in [4.78, 5) is 24.1. The van der Waals surface area contributed by atoms with Crippen LogP contribution in [0.1, 0.15) is 30.1 Å². The maximum Gasteiger partial charge on any atom is 0.341 e. The van der Waals surface area contributed by atoms with Gasteiger partial charge < -0.3 is 10.1 Å². The zero-order valence-corrected chi connectivity index (χ0v) is 12.0. The summed E-state index contributed by atoms with van der Waals surface area (Å²) in [5.74, 6) is -0.875. The van der Waals surface area contributed by atoms with Gasteiger partial charge in [0.15, 0.2) is 6.10 Å². The van der Waals surface area contributed by atoms with Crippen molar-refractivity contribution in [2.75, 3.05) is 0 Å². The number of ether oxygens (including phenoxy) is 1. The number of hydrogen-bond donors (Lipinski definition) is 1. The van der Waals surface area contributed by atoms with Gasteiger partial charge in [-0.3, -0.25) is 4.79 Å². The van der Waals surface area contributed by atoms with E-state index in [9.17, 15) is 9.59 Å². The van der Waals surface area contributed by atoms with Gasteiger partial charge in [-0.1, -0.05) is 12.1 Å². The number of benzene rings is 1. The maximum absolute atomic E-state index is 12.3. The molecule has 8 heteroatoms. The molecule has 1 aliphatic carbocycles. The number of carbonyl (C=O) groups excluding carboxylic acids is 2. The molecule has 1 aliphatic rings. The predicted molar refractivity (Wildman–Crippen MR) is 75.2 cm³/mol. The highest BCUT2D eigenvalue weighted by molar-refractivity contribution is 5.95. The first-order valence-corrected chi connectivity index (χ1v) is 6.99. The van der Waals surface area contributed by atoms with Crippen molar-refractivity contribution < 1.29 is 14.3 Å². The van der Waals surface area contributed by atoms with Crippen molar-refractivity contribution in [2.45, 2.75) is 31.9 Å². The molecule has 1 N–H and O–H groups in total. The van der Waals surface area contributed by atoms with Gasteiger partial charge in [0.2, 0.25) is 0 Å². The average Bonchev–Trinajstić information content (AvgIpc) is 3.17. The maximum atomic E-state index is 12.3. The third-order valence-corrected chi connectivity index (χ3v) is 3.30. The first-order valence-electron chi connectivity index (χ1n) is 6.99. The normalized spacial score (nSPS) is 15.1. The van der Waals surface area contributed by atoms with Crippen LogP contribution in [0.25, 0.3) is 5.69 Å². The van der Waals surface area contributed by atoms with Gasteiger partial charge in [-0.15, -0.1) is 5.10 Å². The minimum absolute atomic E-state index is 0.224. The quantitative estimate of drug-likeness (QED) is 0.807. The van der Waals surface area contributed by atoms with E-state index >= 15 is 0 Å². The predicted octanol–water partition coefficient (Wildman–Crippen LogP) is 0.486. The summed E-state index contributed by atoms with van der Waals surface area (Å²) >= 11 is 0. The van der Waals surface area contributed by atoms with Gasteiger partial charge in [0.25, 0.3) is 5.91 Å². The number of nitrogens with one attached hydrogen (secondary N) is 1. The second kappa shape index (κ2) is 5.92. The Kier molecular flexibility index (Phi) is 3.82. The van der Waals surface area contributed by atoms with E-state index < -0.39 is 12.1 Å². The van der Waals surface area contributed by atoms with E-state index in [4.69, 9.17) is 4.74 Å². The molecule has 0 radical (unpaired) electrons. The first kappa shape index (κ1) is 14.2. The number of aromatic nitrogens is 4. The minimum atomic E-state index is -0.852. The molecule has 1 atom stereocenters. The lowest BCUT2D eigenvalue weighted by molar-refractivity contribution is -0.129. The molecular formula is C14H15N5O3. The van der Waals surface area contributed by atoms with Crippen molar-refractivity contribution in [1.82, 2.24) is 25.5 Å². The Morgan fingerprint density at radius 2 is 2.14 bits per heavy atom. The Morgan fingerprint density at radius 3 is 2.82 bits per heavy atom. The molecule has 1 amide bonds. The molecular weight excluding hydrogens is 286 g/mol. The Hall–Kier alpha value is -2.77. The van der Waals surface area contributed by atoms with Crippen LogP contribution in [0.4, 0.5) is 0 Å². The van der Waals surface area contributed by atoms with Crippen LogP contribution < -0.4 is 5.32 Å². The van der Waals surface area contributed by atoms with E-state index in [0.717, 1.165) is 12.8 Å². The Labute approximate surface area is 126 Å². The summed E-state index contributed by atoms with van der Waals surface area (Å²) in [6.45, 7) is 1.55. The van der Waals surface area contributed by atoms with Crippen molar-refractivity contribution in [3.05, 3.63) is 36.2 Å². The Bertz CT molecular complexity index is 682. The second-order valence-corrected chi connectivity index (χ2v) is 5.10. The van der Waals surface area contributed by atoms with Gasteiger partial charge in [-0.25, -0.2) is 4.79 Å². The fourth-order valence-electron chi connectivity index (χ4n) is 1.94. The van der Waals surface area contributed by atoms with Gasteiger partial charge in [-0.2, -0.15) is 4.68 Å². The fourth-order valence-corrected chi connectivity index (χ4v) is 1.94. The van der Waals surface area contributed by atoms with Crippen LogP contribution in [-0.2, 0) is 9.53 Å². The van der Waals surface area contributed by atoms with E-state index in [1.165, 1.54) is 11.0 Å². The number of hydrogen-bond acceptors (Lipinski definition) is 6. The molecule has 1 fully saturated rings. The lowest BCUT2D eigenvalue weighted by Gasteiger charge is -2.14. The number of amides is 1. The molecule has 1 aromatic carbocycles. The molecule has 1 aromatic heterocycles. The molecule has 2 aromatic rings. The molecule has 22 heavy (non-hydrogen) atoms. The number of esters is 1. The van der Waals surface area contributed by atoms with Gasteiger partial charge >= 0.3 is 5.97 Å². The zero-order valence-electron chi connectivity index (χ0n) is 12.0. The summed E-state index contributed by atoms with van der Waals surface area (Å²) in [7, 11) is 0. The molecule has 0 saturated heterocycles. The van der Waals surface area contributed by atoms with E-state index in [1.807, 2.05) is 0 Å². The van der Waals surface area contributed by atoms with Crippen molar-refractivity contribution in [1.29, 1.82) is 0 Å². The number of para-hydroxylation sites is 1. The van der Waals surface area contributed by atoms with Crippen molar-refractivity contribution >= 4 is 11.9 Å². The van der Waals surface area contributed by atoms with Crippen LogP contribution in [-0.4, -0.2) is 44.2 Å². The van der Waals surface area contributed by atoms with Gasteiger partial charge in [-0.05, 0) is 42.3 Å². The number of nitrogens with zero attached hydrogens (tertiary/aromatic N) is 4. The average molecular weight is 301 g/mol. The molecule has 114 valence electrons. The third-order valence-electron chi connectivity index (χ3n) is 3.30. The fraction of sp³-hybridized carbons (Fsp3) is 0.357. The molecule has 0 bridgehead atoms. The van der Waals surface area contributed by atoms with E-state index in [2.05, 4.69) is 20.8 Å². The largest absolute Gasteiger partial charge is 0.449 e. The van der Waals surface area contributed by atoms with Crippen molar-refractivity contribution in [3.63, 3.8) is 0 Å². The van der Waals surface area contributed by atoms with Gasteiger partial charge in [0.05, 0.1) is 11.3 Å². The second-order valence-electron chi connectivity index (χ2n) is 5.10. The van der Waals surface area contributed by atoms with E-state index in [-0.39, 0.29) is 11.9 Å². The minimum Gasteiger partial charge on any atom is -0.449 e. The zero-order chi connectivity index (χ0) is 15.5. The Balaban J connectivity index is 1.73. The summed E-state index contributed by atoms with van der Waals surface area (Å²) in [5.41, 5.74) is 0.785. The molecule has 3 rings (SSSR count). The standard InChI is InChI=1S/C14H15N5O3/c1-9(13(20)16-10-6-7-10)22-14(21)11-4-2-3-5-12(11)19-8-15-17-18-19/h2-5,8-10H,6-7H2,1H3,(H,16,20)/t9-/m1/s1. The smallest absolute Gasteiger partial charge is 0.341 e. The lowest BCUT2D eigenvalue weighted by Crippen LogP contribution is -2.37. The molecule has 8 nitrogen and oxygen atoms in total. The summed E-state index contributed by atoms with van der Waals surface area (Å²) in [6, 6.07) is 6.99. The molecule has 0 spiro atoms. The lowest BCUT2D eigenvalue weighted by atomic mass is 10.2. The van der Waals surface area contributed by atoms with Crippen LogP contribution >= 0.6 is 0 Å². The van der Waals surface area contributed by atoms with Gasteiger partial charge in [0.1, 0.15) is 6.33 Å².